The first-order chi connectivity index (χ1) is 12.7. The maximum atomic E-state index is 13.3. The molecule has 26 heavy (non-hydrogen) atoms. The maximum absolute atomic E-state index is 13.3. The lowest BCUT2D eigenvalue weighted by atomic mass is 9.81. The molecule has 1 aliphatic carbocycles. The molecule has 0 fully saturated rings. The molecule has 0 radical (unpaired) electrons. The lowest BCUT2D eigenvalue weighted by Gasteiger charge is -2.20. The van der Waals surface area contributed by atoms with Crippen molar-refractivity contribution in [1.29, 1.82) is 0 Å². The van der Waals surface area contributed by atoms with E-state index in [9.17, 15) is 4.79 Å². The number of ketones is 1. The highest BCUT2D eigenvalue weighted by molar-refractivity contribution is 6.30. The van der Waals surface area contributed by atoms with Crippen LogP contribution in [0.2, 0.25) is 5.02 Å². The van der Waals surface area contributed by atoms with Crippen LogP contribution in [0.25, 0.3) is 0 Å². The minimum absolute atomic E-state index is 0.0772. The van der Waals surface area contributed by atoms with Gasteiger partial charge in [-0.3, -0.25) is 4.79 Å². The molecule has 0 N–H and O–H groups in total. The van der Waals surface area contributed by atoms with Crippen molar-refractivity contribution in [3.8, 4) is 11.5 Å². The van der Waals surface area contributed by atoms with Gasteiger partial charge in [-0.05, 0) is 41.0 Å². The molecule has 0 spiro atoms. The van der Waals surface area contributed by atoms with E-state index in [4.69, 9.17) is 21.1 Å². The van der Waals surface area contributed by atoms with E-state index in [-0.39, 0.29) is 24.4 Å². The summed E-state index contributed by atoms with van der Waals surface area (Å²) >= 11 is 6.07. The minimum atomic E-state index is -0.269. The van der Waals surface area contributed by atoms with E-state index in [0.717, 1.165) is 16.7 Å². The molecule has 5 rings (SSSR count). The fourth-order valence-corrected chi connectivity index (χ4v) is 4.10. The topological polar surface area (TPSA) is 35.5 Å². The molecule has 3 aromatic rings. The number of rotatable bonds is 2. The van der Waals surface area contributed by atoms with Crippen LogP contribution in [0.1, 0.15) is 38.9 Å². The summed E-state index contributed by atoms with van der Waals surface area (Å²) in [6, 6.07) is 21.4. The lowest BCUT2D eigenvalue weighted by Crippen LogP contribution is -2.13. The number of hydrogen-bond acceptors (Lipinski definition) is 3. The number of benzene rings is 3. The zero-order valence-electron chi connectivity index (χ0n) is 13.8. The summed E-state index contributed by atoms with van der Waals surface area (Å²) in [7, 11) is 0. The minimum Gasteiger partial charge on any atom is -0.454 e. The van der Waals surface area contributed by atoms with Gasteiger partial charge in [0.1, 0.15) is 0 Å². The molecule has 1 aliphatic heterocycles. The average Bonchev–Trinajstić information content (AvgIpc) is 3.24. The number of ether oxygens (including phenoxy) is 2. The van der Waals surface area contributed by atoms with Crippen LogP contribution in [0.3, 0.4) is 0 Å². The quantitative estimate of drug-likeness (QED) is 0.630. The van der Waals surface area contributed by atoms with E-state index in [2.05, 4.69) is 0 Å². The summed E-state index contributed by atoms with van der Waals surface area (Å²) in [4.78, 5) is 13.3. The molecule has 1 heterocycles. The summed E-state index contributed by atoms with van der Waals surface area (Å²) in [5, 5.41) is 0.681. The SMILES string of the molecule is O=C1c2cc3c(cc2[C@@H](c2ccc(Cl)cc2)[C@@H]1c1ccccc1)OCO3. The number of carbonyl (C=O) groups is 1. The number of hydrogen-bond donors (Lipinski definition) is 0. The summed E-state index contributed by atoms with van der Waals surface area (Å²) in [5.74, 6) is 1.11. The molecule has 3 aromatic carbocycles. The molecule has 0 amide bonds. The fourth-order valence-electron chi connectivity index (χ4n) is 3.97. The van der Waals surface area contributed by atoms with E-state index in [1.165, 1.54) is 0 Å². The van der Waals surface area contributed by atoms with Gasteiger partial charge in [0.15, 0.2) is 17.3 Å². The van der Waals surface area contributed by atoms with Crippen LogP contribution in [0, 0.1) is 0 Å². The van der Waals surface area contributed by atoms with Crippen LogP contribution in [0.4, 0.5) is 0 Å². The van der Waals surface area contributed by atoms with E-state index in [1.54, 1.807) is 0 Å². The Balaban J connectivity index is 1.72. The second-order valence-electron chi connectivity index (χ2n) is 6.57. The van der Waals surface area contributed by atoms with Gasteiger partial charge in [0.25, 0.3) is 0 Å². The molecule has 0 saturated carbocycles. The number of halogens is 1. The Morgan fingerprint density at radius 2 is 1.46 bits per heavy atom. The van der Waals surface area contributed by atoms with Gasteiger partial charge in [-0.25, -0.2) is 0 Å². The van der Waals surface area contributed by atoms with Gasteiger partial charge in [-0.15, -0.1) is 0 Å². The Labute approximate surface area is 156 Å². The second kappa shape index (κ2) is 5.89. The predicted molar refractivity (Wildman–Crippen MR) is 99.4 cm³/mol. The van der Waals surface area contributed by atoms with Gasteiger partial charge < -0.3 is 9.47 Å². The largest absolute Gasteiger partial charge is 0.454 e. The van der Waals surface area contributed by atoms with Crippen molar-refractivity contribution < 1.29 is 14.3 Å². The van der Waals surface area contributed by atoms with Crippen LogP contribution >= 0.6 is 11.6 Å². The van der Waals surface area contributed by atoms with Gasteiger partial charge in [0.2, 0.25) is 6.79 Å². The number of Topliss-reactive ketones (excluding diaryl/α,β-unsaturated/α-hetero) is 1. The van der Waals surface area contributed by atoms with Gasteiger partial charge >= 0.3 is 0 Å². The molecule has 0 unspecified atom stereocenters. The molecule has 4 heteroatoms. The average molecular weight is 363 g/mol. The van der Waals surface area contributed by atoms with E-state index < -0.39 is 0 Å². The van der Waals surface area contributed by atoms with Gasteiger partial charge in [0, 0.05) is 16.5 Å². The second-order valence-corrected chi connectivity index (χ2v) is 7.01. The summed E-state index contributed by atoms with van der Waals surface area (Å²) in [5.41, 5.74) is 3.77. The first-order valence-electron chi connectivity index (χ1n) is 8.50. The van der Waals surface area contributed by atoms with Crippen molar-refractivity contribution in [2.75, 3.05) is 6.79 Å². The number of carbonyl (C=O) groups excluding carboxylic acids is 1. The number of fused-ring (bicyclic) bond motifs is 2. The fraction of sp³-hybridized carbons (Fsp3) is 0.136. The normalized spacial score (nSPS) is 20.3. The Hall–Kier alpha value is -2.78. The monoisotopic (exact) mass is 362 g/mol. The molecule has 0 bridgehead atoms. The highest BCUT2D eigenvalue weighted by atomic mass is 35.5. The zero-order valence-corrected chi connectivity index (χ0v) is 14.6. The Morgan fingerprint density at radius 1 is 0.808 bits per heavy atom. The summed E-state index contributed by atoms with van der Waals surface area (Å²) in [6.07, 6.45) is 0. The third kappa shape index (κ3) is 2.31. The van der Waals surface area contributed by atoms with Crippen molar-refractivity contribution in [1.82, 2.24) is 0 Å². The Morgan fingerprint density at radius 3 is 2.19 bits per heavy atom. The molecule has 2 aliphatic rings. The van der Waals surface area contributed by atoms with E-state index in [1.807, 2.05) is 66.7 Å². The van der Waals surface area contributed by atoms with Crippen LogP contribution < -0.4 is 9.47 Å². The highest BCUT2D eigenvalue weighted by Gasteiger charge is 2.42. The van der Waals surface area contributed by atoms with Gasteiger partial charge in [-0.2, -0.15) is 0 Å². The van der Waals surface area contributed by atoms with Crippen LogP contribution in [-0.2, 0) is 0 Å². The smallest absolute Gasteiger partial charge is 0.231 e. The van der Waals surface area contributed by atoms with Gasteiger partial charge in [-0.1, -0.05) is 54.1 Å². The van der Waals surface area contributed by atoms with E-state index in [0.29, 0.717) is 22.1 Å². The van der Waals surface area contributed by atoms with Crippen LogP contribution in [-0.4, -0.2) is 12.6 Å². The van der Waals surface area contributed by atoms with Crippen LogP contribution in [0.5, 0.6) is 11.5 Å². The van der Waals surface area contributed by atoms with Crippen molar-refractivity contribution >= 4 is 17.4 Å². The Bertz CT molecular complexity index is 996. The molecule has 2 atom stereocenters. The molecule has 0 aromatic heterocycles. The summed E-state index contributed by atoms with van der Waals surface area (Å²) in [6.45, 7) is 0.195. The first kappa shape index (κ1) is 15.5. The van der Waals surface area contributed by atoms with Crippen molar-refractivity contribution in [3.63, 3.8) is 0 Å². The molecule has 0 saturated heterocycles. The highest BCUT2D eigenvalue weighted by Crippen LogP contribution is 2.51. The molecule has 128 valence electrons. The third-order valence-electron chi connectivity index (χ3n) is 5.15. The lowest BCUT2D eigenvalue weighted by molar-refractivity contribution is 0.0967. The maximum Gasteiger partial charge on any atom is 0.231 e. The Kier molecular flexibility index (Phi) is 3.50. The van der Waals surface area contributed by atoms with Crippen molar-refractivity contribution in [2.45, 2.75) is 11.8 Å². The van der Waals surface area contributed by atoms with E-state index >= 15 is 0 Å². The van der Waals surface area contributed by atoms with Crippen LogP contribution in [0.15, 0.2) is 66.7 Å². The predicted octanol–water partition coefficient (Wildman–Crippen LogP) is 5.18. The summed E-state index contributed by atoms with van der Waals surface area (Å²) < 4.78 is 11.0. The van der Waals surface area contributed by atoms with Crippen molar-refractivity contribution in [3.05, 3.63) is 94.0 Å². The zero-order chi connectivity index (χ0) is 17.7. The molecule has 3 nitrogen and oxygen atoms in total. The third-order valence-corrected chi connectivity index (χ3v) is 5.40. The van der Waals surface area contributed by atoms with Crippen molar-refractivity contribution in [2.24, 2.45) is 0 Å². The molecular formula is C22H15ClO3. The van der Waals surface area contributed by atoms with Gasteiger partial charge in [0.05, 0.1) is 5.92 Å². The first-order valence-corrected chi connectivity index (χ1v) is 8.88. The standard InChI is InChI=1S/C22H15ClO3/c23-15-8-6-14(7-9-15)20-16-10-18-19(26-12-25-18)11-17(16)22(24)21(20)13-4-2-1-3-5-13/h1-11,20-21H,12H2/t20-,21+/m1/s1. The molecular weight excluding hydrogens is 348 g/mol.